The van der Waals surface area contributed by atoms with Gasteiger partial charge in [0, 0.05) is 21.8 Å². The summed E-state index contributed by atoms with van der Waals surface area (Å²) in [5.74, 6) is -0.966. The molecule has 0 bridgehead atoms. The first-order valence-corrected chi connectivity index (χ1v) is 5.79. The van der Waals surface area contributed by atoms with Crippen molar-refractivity contribution in [3.63, 3.8) is 0 Å². The summed E-state index contributed by atoms with van der Waals surface area (Å²) in [7, 11) is 0. The van der Waals surface area contributed by atoms with Crippen molar-refractivity contribution in [2.75, 3.05) is 5.73 Å². The van der Waals surface area contributed by atoms with E-state index in [9.17, 15) is 9.18 Å². The number of hydrogen-bond donors (Lipinski definition) is 1. The fraction of sp³-hybridized carbons (Fsp3) is 0. The van der Waals surface area contributed by atoms with E-state index < -0.39 is 11.6 Å². The molecule has 0 saturated carbocycles. The van der Waals surface area contributed by atoms with E-state index in [0.29, 0.717) is 5.02 Å². The van der Waals surface area contributed by atoms with E-state index in [-0.39, 0.29) is 21.8 Å². The maximum Gasteiger partial charge on any atom is 0.194 e. The maximum absolute atomic E-state index is 13.2. The molecule has 18 heavy (non-hydrogen) atoms. The van der Waals surface area contributed by atoms with Crippen molar-refractivity contribution in [3.8, 4) is 0 Å². The SMILES string of the molecule is Nc1cc(F)cc(C(=O)c2ccc(Cl)cc2Cl)c1. The zero-order valence-corrected chi connectivity index (χ0v) is 10.6. The largest absolute Gasteiger partial charge is 0.399 e. The maximum atomic E-state index is 13.2. The Morgan fingerprint density at radius 2 is 1.83 bits per heavy atom. The Kier molecular flexibility index (Phi) is 3.55. The molecule has 2 N–H and O–H groups in total. The molecule has 0 aromatic heterocycles. The second kappa shape index (κ2) is 4.96. The van der Waals surface area contributed by atoms with E-state index in [2.05, 4.69) is 0 Å². The van der Waals surface area contributed by atoms with E-state index in [0.717, 1.165) is 12.1 Å². The molecule has 0 aliphatic rings. The molecule has 92 valence electrons. The molecule has 0 amide bonds. The van der Waals surface area contributed by atoms with Crippen LogP contribution in [0.2, 0.25) is 10.0 Å². The van der Waals surface area contributed by atoms with Gasteiger partial charge in [-0.05, 0) is 36.4 Å². The lowest BCUT2D eigenvalue weighted by Crippen LogP contribution is -2.04. The molecule has 0 heterocycles. The number of rotatable bonds is 2. The zero-order chi connectivity index (χ0) is 13.3. The summed E-state index contributed by atoms with van der Waals surface area (Å²) in [6, 6.07) is 8.15. The van der Waals surface area contributed by atoms with Gasteiger partial charge in [0.25, 0.3) is 0 Å². The van der Waals surface area contributed by atoms with Gasteiger partial charge >= 0.3 is 0 Å². The molecule has 0 spiro atoms. The Hall–Kier alpha value is -1.58. The van der Waals surface area contributed by atoms with E-state index in [1.165, 1.54) is 18.2 Å². The number of benzene rings is 2. The predicted molar refractivity (Wildman–Crippen MR) is 70.7 cm³/mol. The van der Waals surface area contributed by atoms with Crippen LogP contribution in [0.3, 0.4) is 0 Å². The summed E-state index contributed by atoms with van der Waals surface area (Å²) in [4.78, 5) is 12.1. The molecule has 0 atom stereocenters. The van der Waals surface area contributed by atoms with Crippen LogP contribution in [-0.2, 0) is 0 Å². The van der Waals surface area contributed by atoms with Crippen molar-refractivity contribution in [1.82, 2.24) is 0 Å². The highest BCUT2D eigenvalue weighted by atomic mass is 35.5. The molecule has 0 radical (unpaired) electrons. The first kappa shape index (κ1) is 12.9. The van der Waals surface area contributed by atoms with E-state index in [1.54, 1.807) is 6.07 Å². The number of halogens is 3. The average Bonchev–Trinajstić information content (AvgIpc) is 2.26. The van der Waals surface area contributed by atoms with Gasteiger partial charge in [-0.2, -0.15) is 0 Å². The van der Waals surface area contributed by atoms with Gasteiger partial charge in [0.05, 0.1) is 5.02 Å². The molecular formula is C13H8Cl2FNO. The van der Waals surface area contributed by atoms with Crippen molar-refractivity contribution < 1.29 is 9.18 Å². The highest BCUT2D eigenvalue weighted by Gasteiger charge is 2.14. The number of carbonyl (C=O) groups is 1. The lowest BCUT2D eigenvalue weighted by atomic mass is 10.0. The Labute approximate surface area is 113 Å². The number of hydrogen-bond acceptors (Lipinski definition) is 2. The third-order valence-electron chi connectivity index (χ3n) is 2.36. The zero-order valence-electron chi connectivity index (χ0n) is 9.08. The second-order valence-electron chi connectivity index (χ2n) is 3.73. The van der Waals surface area contributed by atoms with Crippen LogP contribution < -0.4 is 5.73 Å². The summed E-state index contributed by atoms with van der Waals surface area (Å²) >= 11 is 11.7. The van der Waals surface area contributed by atoms with Crippen LogP contribution in [0.5, 0.6) is 0 Å². The predicted octanol–water partition coefficient (Wildman–Crippen LogP) is 3.95. The van der Waals surface area contributed by atoms with Crippen LogP contribution in [-0.4, -0.2) is 5.78 Å². The summed E-state index contributed by atoms with van der Waals surface area (Å²) in [6.07, 6.45) is 0. The van der Waals surface area contributed by atoms with E-state index in [4.69, 9.17) is 28.9 Å². The fourth-order valence-corrected chi connectivity index (χ4v) is 2.07. The normalized spacial score (nSPS) is 10.4. The molecule has 0 aliphatic carbocycles. The van der Waals surface area contributed by atoms with Crippen LogP contribution in [0, 0.1) is 5.82 Å². The first-order chi connectivity index (χ1) is 8.47. The number of nitrogens with two attached hydrogens (primary N) is 1. The lowest BCUT2D eigenvalue weighted by Gasteiger charge is -2.05. The monoisotopic (exact) mass is 283 g/mol. The van der Waals surface area contributed by atoms with Crippen LogP contribution in [0.15, 0.2) is 36.4 Å². The topological polar surface area (TPSA) is 43.1 Å². The number of anilines is 1. The Morgan fingerprint density at radius 3 is 2.44 bits per heavy atom. The van der Waals surface area contributed by atoms with Crippen LogP contribution in [0.25, 0.3) is 0 Å². The molecule has 0 fully saturated rings. The number of carbonyl (C=O) groups excluding carboxylic acids is 1. The first-order valence-electron chi connectivity index (χ1n) is 5.03. The van der Waals surface area contributed by atoms with Gasteiger partial charge in [0.15, 0.2) is 5.78 Å². The van der Waals surface area contributed by atoms with Gasteiger partial charge in [-0.25, -0.2) is 4.39 Å². The minimum Gasteiger partial charge on any atom is -0.399 e. The Balaban J connectivity index is 2.47. The van der Waals surface area contributed by atoms with Gasteiger partial charge < -0.3 is 5.73 Å². The minimum absolute atomic E-state index is 0.150. The molecule has 5 heteroatoms. The third kappa shape index (κ3) is 2.63. The quantitative estimate of drug-likeness (QED) is 0.670. The standard InChI is InChI=1S/C13H8Cl2FNO/c14-8-1-2-11(12(15)5-8)13(18)7-3-9(16)6-10(17)4-7/h1-6H,17H2. The van der Waals surface area contributed by atoms with E-state index in [1.807, 2.05) is 0 Å². The van der Waals surface area contributed by atoms with E-state index >= 15 is 0 Å². The minimum atomic E-state index is -0.566. The summed E-state index contributed by atoms with van der Waals surface area (Å²) < 4.78 is 13.2. The van der Waals surface area contributed by atoms with Crippen molar-refractivity contribution in [3.05, 3.63) is 63.4 Å². The molecule has 2 nitrogen and oxygen atoms in total. The van der Waals surface area contributed by atoms with Crippen LogP contribution in [0.1, 0.15) is 15.9 Å². The summed E-state index contributed by atoms with van der Waals surface area (Å²) in [5, 5.41) is 0.644. The van der Waals surface area contributed by atoms with Crippen molar-refractivity contribution >= 4 is 34.7 Å². The summed E-state index contributed by atoms with van der Waals surface area (Å²) in [5.41, 5.74) is 6.08. The Bertz CT molecular complexity index is 608. The van der Waals surface area contributed by atoms with Gasteiger partial charge in [-0.15, -0.1) is 0 Å². The highest BCUT2D eigenvalue weighted by Crippen LogP contribution is 2.24. The molecule has 2 rings (SSSR count). The van der Waals surface area contributed by atoms with Crippen molar-refractivity contribution in [2.24, 2.45) is 0 Å². The molecule has 2 aromatic carbocycles. The number of ketones is 1. The molecule has 0 aliphatic heterocycles. The fourth-order valence-electron chi connectivity index (χ4n) is 1.57. The molecule has 0 unspecified atom stereocenters. The average molecular weight is 284 g/mol. The van der Waals surface area contributed by atoms with Gasteiger partial charge in [-0.1, -0.05) is 23.2 Å². The van der Waals surface area contributed by atoms with Crippen molar-refractivity contribution in [1.29, 1.82) is 0 Å². The Morgan fingerprint density at radius 1 is 1.11 bits per heavy atom. The lowest BCUT2D eigenvalue weighted by molar-refractivity contribution is 0.103. The molecule has 2 aromatic rings. The van der Waals surface area contributed by atoms with Crippen LogP contribution >= 0.6 is 23.2 Å². The highest BCUT2D eigenvalue weighted by molar-refractivity contribution is 6.37. The third-order valence-corrected chi connectivity index (χ3v) is 2.91. The number of nitrogen functional groups attached to an aromatic ring is 1. The second-order valence-corrected chi connectivity index (χ2v) is 4.57. The van der Waals surface area contributed by atoms with Gasteiger partial charge in [-0.3, -0.25) is 4.79 Å². The molecule has 0 saturated heterocycles. The van der Waals surface area contributed by atoms with Gasteiger partial charge in [0.1, 0.15) is 5.82 Å². The van der Waals surface area contributed by atoms with Gasteiger partial charge in [0.2, 0.25) is 0 Å². The smallest absolute Gasteiger partial charge is 0.194 e. The summed E-state index contributed by atoms with van der Waals surface area (Å²) in [6.45, 7) is 0. The van der Waals surface area contributed by atoms with Crippen molar-refractivity contribution in [2.45, 2.75) is 0 Å². The van der Waals surface area contributed by atoms with Crippen LogP contribution in [0.4, 0.5) is 10.1 Å². The molecular weight excluding hydrogens is 276 g/mol.